The van der Waals surface area contributed by atoms with Gasteiger partial charge in [-0.3, -0.25) is 4.68 Å². The van der Waals surface area contributed by atoms with Gasteiger partial charge in [0.2, 0.25) is 0 Å². The number of hydrogen-bond acceptors (Lipinski definition) is 2. The second-order valence-corrected chi connectivity index (χ2v) is 4.00. The Labute approximate surface area is 100 Å². The van der Waals surface area contributed by atoms with Crippen LogP contribution in [0.1, 0.15) is 18.9 Å². The van der Waals surface area contributed by atoms with Crippen molar-refractivity contribution in [3.63, 3.8) is 0 Å². The first-order valence-corrected chi connectivity index (χ1v) is 5.76. The largest absolute Gasteiger partial charge is 0.326 e. The molecule has 0 bridgehead atoms. The lowest BCUT2D eigenvalue weighted by Gasteiger charge is -2.05. The van der Waals surface area contributed by atoms with E-state index in [0.29, 0.717) is 6.54 Å². The third kappa shape index (κ3) is 2.53. The molecule has 1 aromatic carbocycles. The summed E-state index contributed by atoms with van der Waals surface area (Å²) >= 11 is 0. The number of aryl methyl sites for hydroxylation is 1. The molecule has 0 atom stereocenters. The smallest absolute Gasteiger partial charge is 0.123 e. The van der Waals surface area contributed by atoms with Crippen molar-refractivity contribution in [3.8, 4) is 11.1 Å². The lowest BCUT2D eigenvalue weighted by atomic mass is 10.0. The molecule has 3 nitrogen and oxygen atoms in total. The van der Waals surface area contributed by atoms with Crippen LogP contribution in [0.4, 0.5) is 4.39 Å². The monoisotopic (exact) mass is 233 g/mol. The van der Waals surface area contributed by atoms with Crippen LogP contribution in [0.2, 0.25) is 0 Å². The molecule has 0 amide bonds. The number of aromatic nitrogens is 2. The number of halogens is 1. The molecule has 17 heavy (non-hydrogen) atoms. The highest BCUT2D eigenvalue weighted by Crippen LogP contribution is 2.24. The third-order valence-electron chi connectivity index (χ3n) is 2.69. The van der Waals surface area contributed by atoms with Crippen LogP contribution >= 0.6 is 0 Å². The summed E-state index contributed by atoms with van der Waals surface area (Å²) in [4.78, 5) is 0. The molecule has 2 rings (SSSR count). The summed E-state index contributed by atoms with van der Waals surface area (Å²) in [7, 11) is 0. The van der Waals surface area contributed by atoms with E-state index in [1.807, 2.05) is 10.9 Å². The maximum absolute atomic E-state index is 13.3. The van der Waals surface area contributed by atoms with Crippen LogP contribution in [-0.2, 0) is 13.1 Å². The fraction of sp³-hybridized carbons (Fsp3) is 0.308. The van der Waals surface area contributed by atoms with Crippen molar-refractivity contribution in [2.45, 2.75) is 26.4 Å². The maximum atomic E-state index is 13.3. The molecule has 0 spiro atoms. The zero-order valence-electron chi connectivity index (χ0n) is 9.86. The SMILES string of the molecule is CCCn1cc(-c2cc(F)ccc2CN)cn1. The zero-order chi connectivity index (χ0) is 12.3. The Balaban J connectivity index is 2.40. The van der Waals surface area contributed by atoms with E-state index in [1.54, 1.807) is 12.3 Å². The predicted molar refractivity (Wildman–Crippen MR) is 65.8 cm³/mol. The van der Waals surface area contributed by atoms with E-state index in [9.17, 15) is 4.39 Å². The average Bonchev–Trinajstić information content (AvgIpc) is 2.78. The van der Waals surface area contributed by atoms with Gasteiger partial charge in [0.05, 0.1) is 6.20 Å². The van der Waals surface area contributed by atoms with E-state index in [1.165, 1.54) is 12.1 Å². The summed E-state index contributed by atoms with van der Waals surface area (Å²) in [5.41, 5.74) is 8.33. The minimum absolute atomic E-state index is 0.250. The zero-order valence-corrected chi connectivity index (χ0v) is 9.86. The first-order chi connectivity index (χ1) is 8.24. The number of nitrogens with zero attached hydrogens (tertiary/aromatic N) is 2. The topological polar surface area (TPSA) is 43.8 Å². The standard InChI is InChI=1S/C13H16FN3/c1-2-5-17-9-11(8-16-17)13-6-12(14)4-3-10(13)7-15/h3-4,6,8-9H,2,5,7,15H2,1H3. The summed E-state index contributed by atoms with van der Waals surface area (Å²) in [6.45, 7) is 3.36. The highest BCUT2D eigenvalue weighted by molar-refractivity contribution is 5.66. The number of nitrogens with two attached hydrogens (primary N) is 1. The highest BCUT2D eigenvalue weighted by atomic mass is 19.1. The molecule has 1 aromatic heterocycles. The van der Waals surface area contributed by atoms with Gasteiger partial charge in [-0.2, -0.15) is 5.10 Å². The Morgan fingerprint density at radius 3 is 2.94 bits per heavy atom. The quantitative estimate of drug-likeness (QED) is 0.882. The molecule has 0 aliphatic carbocycles. The fourth-order valence-electron chi connectivity index (χ4n) is 1.85. The maximum Gasteiger partial charge on any atom is 0.123 e. The molecular weight excluding hydrogens is 217 g/mol. The van der Waals surface area contributed by atoms with E-state index in [-0.39, 0.29) is 5.82 Å². The van der Waals surface area contributed by atoms with Crippen LogP contribution in [0.3, 0.4) is 0 Å². The summed E-state index contributed by atoms with van der Waals surface area (Å²) in [6.07, 6.45) is 4.70. The van der Waals surface area contributed by atoms with E-state index in [0.717, 1.165) is 29.7 Å². The van der Waals surface area contributed by atoms with Crippen molar-refractivity contribution in [1.29, 1.82) is 0 Å². The molecule has 4 heteroatoms. The van der Waals surface area contributed by atoms with Crippen molar-refractivity contribution >= 4 is 0 Å². The van der Waals surface area contributed by atoms with Gasteiger partial charge >= 0.3 is 0 Å². The van der Waals surface area contributed by atoms with Crippen molar-refractivity contribution in [1.82, 2.24) is 9.78 Å². The van der Waals surface area contributed by atoms with Crippen molar-refractivity contribution in [3.05, 3.63) is 42.0 Å². The van der Waals surface area contributed by atoms with E-state index < -0.39 is 0 Å². The Bertz CT molecular complexity index is 505. The van der Waals surface area contributed by atoms with Crippen LogP contribution in [0, 0.1) is 5.82 Å². The number of benzene rings is 1. The average molecular weight is 233 g/mol. The second-order valence-electron chi connectivity index (χ2n) is 4.00. The van der Waals surface area contributed by atoms with Gasteiger partial charge in [-0.25, -0.2) is 4.39 Å². The van der Waals surface area contributed by atoms with Crippen LogP contribution < -0.4 is 5.73 Å². The minimum Gasteiger partial charge on any atom is -0.326 e. The Hall–Kier alpha value is -1.68. The molecule has 0 saturated carbocycles. The van der Waals surface area contributed by atoms with Crippen molar-refractivity contribution in [2.24, 2.45) is 5.73 Å². The van der Waals surface area contributed by atoms with Gasteiger partial charge in [-0.1, -0.05) is 13.0 Å². The van der Waals surface area contributed by atoms with E-state index in [2.05, 4.69) is 12.0 Å². The summed E-state index contributed by atoms with van der Waals surface area (Å²) in [6, 6.07) is 4.67. The Morgan fingerprint density at radius 1 is 1.41 bits per heavy atom. The summed E-state index contributed by atoms with van der Waals surface area (Å²) in [5, 5.41) is 4.24. The lowest BCUT2D eigenvalue weighted by molar-refractivity contribution is 0.603. The fourth-order valence-corrected chi connectivity index (χ4v) is 1.85. The molecule has 90 valence electrons. The van der Waals surface area contributed by atoms with Crippen LogP contribution in [0.15, 0.2) is 30.6 Å². The van der Waals surface area contributed by atoms with E-state index in [4.69, 9.17) is 5.73 Å². The van der Waals surface area contributed by atoms with Crippen LogP contribution in [0.5, 0.6) is 0 Å². The lowest BCUT2D eigenvalue weighted by Crippen LogP contribution is -1.99. The molecule has 1 heterocycles. The van der Waals surface area contributed by atoms with Crippen molar-refractivity contribution < 1.29 is 4.39 Å². The van der Waals surface area contributed by atoms with Gasteiger partial charge in [0.15, 0.2) is 0 Å². The normalized spacial score (nSPS) is 10.8. The molecule has 0 unspecified atom stereocenters. The summed E-state index contributed by atoms with van der Waals surface area (Å²) in [5.74, 6) is -0.250. The van der Waals surface area contributed by atoms with Crippen molar-refractivity contribution in [2.75, 3.05) is 0 Å². The van der Waals surface area contributed by atoms with Gasteiger partial charge in [0.1, 0.15) is 5.82 Å². The molecule has 0 radical (unpaired) electrons. The minimum atomic E-state index is -0.250. The van der Waals surface area contributed by atoms with E-state index >= 15 is 0 Å². The Kier molecular flexibility index (Phi) is 3.54. The number of hydrogen-bond donors (Lipinski definition) is 1. The molecular formula is C13H16FN3. The predicted octanol–water partition coefficient (Wildman–Crippen LogP) is 2.56. The van der Waals surface area contributed by atoms with Gasteiger partial charge in [0, 0.05) is 24.8 Å². The van der Waals surface area contributed by atoms with Gasteiger partial charge in [-0.05, 0) is 29.7 Å². The molecule has 2 aromatic rings. The summed E-state index contributed by atoms with van der Waals surface area (Å²) < 4.78 is 15.1. The second kappa shape index (κ2) is 5.10. The van der Waals surface area contributed by atoms with Gasteiger partial charge in [-0.15, -0.1) is 0 Å². The molecule has 0 fully saturated rings. The molecule has 0 aliphatic heterocycles. The highest BCUT2D eigenvalue weighted by Gasteiger charge is 2.07. The van der Waals surface area contributed by atoms with Gasteiger partial charge in [0.25, 0.3) is 0 Å². The molecule has 2 N–H and O–H groups in total. The van der Waals surface area contributed by atoms with Gasteiger partial charge < -0.3 is 5.73 Å². The third-order valence-corrected chi connectivity index (χ3v) is 2.69. The first-order valence-electron chi connectivity index (χ1n) is 5.76. The Morgan fingerprint density at radius 2 is 2.24 bits per heavy atom. The van der Waals surface area contributed by atoms with Crippen LogP contribution in [0.25, 0.3) is 11.1 Å². The molecule has 0 saturated heterocycles. The van der Waals surface area contributed by atoms with Crippen LogP contribution in [-0.4, -0.2) is 9.78 Å². The first kappa shape index (κ1) is 11.8. The molecule has 0 aliphatic rings. The number of rotatable bonds is 4.